The lowest BCUT2D eigenvalue weighted by Gasteiger charge is -2.14. The molecule has 5 rings (SSSR count). The van der Waals surface area contributed by atoms with Crippen LogP contribution in [-0.2, 0) is 11.3 Å². The highest BCUT2D eigenvalue weighted by atomic mass is 32.2. The molecule has 186 valence electrons. The van der Waals surface area contributed by atoms with Crippen LogP contribution in [0.4, 0.5) is 0 Å². The van der Waals surface area contributed by atoms with Gasteiger partial charge in [-0.05, 0) is 49.2 Å². The Kier molecular flexibility index (Phi) is 7.12. The van der Waals surface area contributed by atoms with Gasteiger partial charge < -0.3 is 13.9 Å². The predicted molar refractivity (Wildman–Crippen MR) is 149 cm³/mol. The van der Waals surface area contributed by atoms with Crippen molar-refractivity contribution in [2.75, 3.05) is 6.61 Å². The molecule has 0 N–H and O–H groups in total. The Hall–Kier alpha value is -3.88. The molecule has 1 fully saturated rings. The van der Waals surface area contributed by atoms with E-state index >= 15 is 0 Å². The zero-order chi connectivity index (χ0) is 25.9. The van der Waals surface area contributed by atoms with Gasteiger partial charge >= 0.3 is 5.97 Å². The van der Waals surface area contributed by atoms with E-state index < -0.39 is 5.97 Å². The second-order valence-electron chi connectivity index (χ2n) is 8.33. The SMILES string of the molecule is CCOc1cc(/C=C2\SC(=S)N(Cc3ccccc3)C2=O)ccc1OC(=O)c1oc2ccccc2c1C. The molecule has 0 spiro atoms. The molecule has 0 bridgehead atoms. The van der Waals surface area contributed by atoms with Crippen LogP contribution in [0.2, 0.25) is 0 Å². The van der Waals surface area contributed by atoms with E-state index in [1.807, 2.05) is 68.4 Å². The Labute approximate surface area is 223 Å². The molecule has 0 saturated carbocycles. The lowest BCUT2D eigenvalue weighted by Crippen LogP contribution is -2.27. The number of carbonyl (C=O) groups is 2. The fourth-order valence-electron chi connectivity index (χ4n) is 4.04. The first-order chi connectivity index (χ1) is 17.9. The van der Waals surface area contributed by atoms with E-state index in [4.69, 9.17) is 26.1 Å². The summed E-state index contributed by atoms with van der Waals surface area (Å²) in [6.07, 6.45) is 1.77. The molecule has 1 aliphatic heterocycles. The van der Waals surface area contributed by atoms with E-state index in [1.54, 1.807) is 29.2 Å². The van der Waals surface area contributed by atoms with Crippen LogP contribution >= 0.6 is 24.0 Å². The Balaban J connectivity index is 1.37. The zero-order valence-corrected chi connectivity index (χ0v) is 21.9. The summed E-state index contributed by atoms with van der Waals surface area (Å²) in [5, 5.41) is 0.861. The molecular weight excluding hydrogens is 506 g/mol. The molecule has 8 heteroatoms. The lowest BCUT2D eigenvalue weighted by molar-refractivity contribution is -0.122. The maximum absolute atomic E-state index is 13.0. The van der Waals surface area contributed by atoms with Gasteiger partial charge in [-0.25, -0.2) is 4.79 Å². The van der Waals surface area contributed by atoms with E-state index in [0.29, 0.717) is 39.3 Å². The summed E-state index contributed by atoms with van der Waals surface area (Å²) in [5.41, 5.74) is 3.07. The Morgan fingerprint density at radius 3 is 2.57 bits per heavy atom. The van der Waals surface area contributed by atoms with E-state index in [9.17, 15) is 9.59 Å². The first kappa shape index (κ1) is 24.8. The lowest BCUT2D eigenvalue weighted by atomic mass is 10.1. The molecule has 1 saturated heterocycles. The second-order valence-corrected chi connectivity index (χ2v) is 10.0. The number of thiocarbonyl (C=S) groups is 1. The van der Waals surface area contributed by atoms with Crippen molar-refractivity contribution in [2.45, 2.75) is 20.4 Å². The number of rotatable bonds is 7. The highest BCUT2D eigenvalue weighted by molar-refractivity contribution is 8.26. The molecule has 37 heavy (non-hydrogen) atoms. The number of para-hydroxylation sites is 1. The van der Waals surface area contributed by atoms with Crippen molar-refractivity contribution in [3.8, 4) is 11.5 Å². The van der Waals surface area contributed by atoms with E-state index in [1.165, 1.54) is 11.8 Å². The van der Waals surface area contributed by atoms with Gasteiger partial charge in [-0.1, -0.05) is 78.6 Å². The van der Waals surface area contributed by atoms with Crippen molar-refractivity contribution in [1.29, 1.82) is 0 Å². The Morgan fingerprint density at radius 1 is 1.05 bits per heavy atom. The number of amides is 1. The van der Waals surface area contributed by atoms with Crippen molar-refractivity contribution >= 4 is 57.2 Å². The van der Waals surface area contributed by atoms with Crippen LogP contribution in [0, 0.1) is 6.92 Å². The van der Waals surface area contributed by atoms with Crippen molar-refractivity contribution in [1.82, 2.24) is 4.90 Å². The first-order valence-corrected chi connectivity index (χ1v) is 12.9. The second kappa shape index (κ2) is 10.6. The maximum Gasteiger partial charge on any atom is 0.380 e. The third kappa shape index (κ3) is 5.16. The predicted octanol–water partition coefficient (Wildman–Crippen LogP) is 6.76. The fourth-order valence-corrected chi connectivity index (χ4v) is 5.29. The number of fused-ring (bicyclic) bond motifs is 1. The van der Waals surface area contributed by atoms with Crippen LogP contribution in [-0.4, -0.2) is 27.7 Å². The monoisotopic (exact) mass is 529 g/mol. The highest BCUT2D eigenvalue weighted by Crippen LogP contribution is 2.36. The molecule has 1 aliphatic rings. The number of thioether (sulfide) groups is 1. The highest BCUT2D eigenvalue weighted by Gasteiger charge is 2.32. The number of aryl methyl sites for hydroxylation is 1. The summed E-state index contributed by atoms with van der Waals surface area (Å²) in [5.74, 6) is 0.0466. The average molecular weight is 530 g/mol. The molecule has 0 unspecified atom stereocenters. The largest absolute Gasteiger partial charge is 0.490 e. The number of carbonyl (C=O) groups excluding carboxylic acids is 2. The number of hydrogen-bond donors (Lipinski definition) is 0. The molecule has 0 radical (unpaired) electrons. The quantitative estimate of drug-likeness (QED) is 0.113. The first-order valence-electron chi connectivity index (χ1n) is 11.7. The molecule has 0 atom stereocenters. The molecule has 0 aliphatic carbocycles. The van der Waals surface area contributed by atoms with Gasteiger partial charge in [0.05, 0.1) is 18.1 Å². The van der Waals surface area contributed by atoms with Crippen LogP contribution in [0.5, 0.6) is 11.5 Å². The van der Waals surface area contributed by atoms with E-state index in [0.717, 1.165) is 16.5 Å². The van der Waals surface area contributed by atoms with Crippen molar-refractivity contribution in [3.05, 3.63) is 100 Å². The normalized spacial score (nSPS) is 14.5. The van der Waals surface area contributed by atoms with Gasteiger partial charge in [0.25, 0.3) is 5.91 Å². The minimum atomic E-state index is -0.607. The average Bonchev–Trinajstić information content (AvgIpc) is 3.37. The van der Waals surface area contributed by atoms with Crippen LogP contribution in [0.3, 0.4) is 0 Å². The summed E-state index contributed by atoms with van der Waals surface area (Å²) >= 11 is 6.72. The number of esters is 1. The minimum absolute atomic E-state index is 0.146. The number of benzene rings is 3. The Morgan fingerprint density at radius 2 is 1.81 bits per heavy atom. The molecule has 2 heterocycles. The molecule has 3 aromatic carbocycles. The third-order valence-electron chi connectivity index (χ3n) is 5.85. The van der Waals surface area contributed by atoms with Crippen LogP contribution in [0.1, 0.15) is 34.2 Å². The Bertz CT molecular complexity index is 1540. The molecule has 6 nitrogen and oxygen atoms in total. The van der Waals surface area contributed by atoms with Gasteiger partial charge in [0.15, 0.2) is 11.5 Å². The summed E-state index contributed by atoms with van der Waals surface area (Å²) in [6.45, 7) is 4.46. The number of nitrogens with zero attached hydrogens (tertiary/aromatic N) is 1. The van der Waals surface area contributed by atoms with Gasteiger partial charge in [-0.15, -0.1) is 0 Å². The van der Waals surface area contributed by atoms with Crippen molar-refractivity contribution in [2.24, 2.45) is 0 Å². The van der Waals surface area contributed by atoms with Gasteiger partial charge in [0.2, 0.25) is 5.76 Å². The minimum Gasteiger partial charge on any atom is -0.490 e. The molecule has 1 aromatic heterocycles. The van der Waals surface area contributed by atoms with Crippen molar-refractivity contribution < 1.29 is 23.5 Å². The maximum atomic E-state index is 13.0. The summed E-state index contributed by atoms with van der Waals surface area (Å²) in [7, 11) is 0. The van der Waals surface area contributed by atoms with Crippen LogP contribution in [0.15, 0.2) is 82.1 Å². The van der Waals surface area contributed by atoms with Gasteiger partial charge in [-0.2, -0.15) is 0 Å². The molecular formula is C29H23NO5S2. The summed E-state index contributed by atoms with van der Waals surface area (Å²) < 4.78 is 17.7. The summed E-state index contributed by atoms with van der Waals surface area (Å²) in [6, 6.07) is 22.3. The zero-order valence-electron chi connectivity index (χ0n) is 20.2. The number of furan rings is 1. The van der Waals surface area contributed by atoms with Crippen LogP contribution < -0.4 is 9.47 Å². The summed E-state index contributed by atoms with van der Waals surface area (Å²) in [4.78, 5) is 28.1. The number of ether oxygens (including phenoxy) is 2. The molecule has 1 amide bonds. The van der Waals surface area contributed by atoms with E-state index in [-0.39, 0.29) is 17.4 Å². The van der Waals surface area contributed by atoms with Crippen LogP contribution in [0.25, 0.3) is 17.0 Å². The van der Waals surface area contributed by atoms with Gasteiger partial charge in [0, 0.05) is 10.9 Å². The van der Waals surface area contributed by atoms with Gasteiger partial charge in [0.1, 0.15) is 9.90 Å². The van der Waals surface area contributed by atoms with Gasteiger partial charge in [-0.3, -0.25) is 9.69 Å². The third-order valence-corrected chi connectivity index (χ3v) is 7.23. The standard InChI is InChI=1S/C29H23NO5S2/c1-3-33-24-15-20(16-25-27(31)30(29(36)37-25)17-19-9-5-4-6-10-19)13-14-23(24)35-28(32)26-18(2)21-11-7-8-12-22(21)34-26/h4-16H,3,17H2,1-2H3/b25-16-. The fraction of sp³-hybridized carbons (Fsp3) is 0.138. The van der Waals surface area contributed by atoms with Crippen molar-refractivity contribution in [3.63, 3.8) is 0 Å². The number of hydrogen-bond acceptors (Lipinski definition) is 7. The molecule has 4 aromatic rings. The smallest absolute Gasteiger partial charge is 0.380 e. The van der Waals surface area contributed by atoms with E-state index in [2.05, 4.69) is 0 Å². The topological polar surface area (TPSA) is 69.0 Å².